The van der Waals surface area contributed by atoms with Crippen LogP contribution in [0.5, 0.6) is 0 Å². The van der Waals surface area contributed by atoms with Crippen LogP contribution in [0.15, 0.2) is 72.9 Å². The summed E-state index contributed by atoms with van der Waals surface area (Å²) >= 11 is 5.92. The molecule has 140 valence electrons. The van der Waals surface area contributed by atoms with Crippen molar-refractivity contribution in [3.05, 3.63) is 89.1 Å². The minimum Gasteiger partial charge on any atom is -0.310 e. The largest absolute Gasteiger partial charge is 0.310 e. The second kappa shape index (κ2) is 7.87. The summed E-state index contributed by atoms with van der Waals surface area (Å²) in [7, 11) is 0. The van der Waals surface area contributed by atoms with Gasteiger partial charge in [0.25, 0.3) is 0 Å². The molecular weight excluding hydrogens is 370 g/mol. The number of carbonyl (C=O) groups is 1. The van der Waals surface area contributed by atoms with Gasteiger partial charge in [0, 0.05) is 23.2 Å². The highest BCUT2D eigenvalue weighted by molar-refractivity contribution is 6.30. The lowest BCUT2D eigenvalue weighted by Gasteiger charge is -2.08. The van der Waals surface area contributed by atoms with E-state index in [0.717, 1.165) is 28.0 Å². The van der Waals surface area contributed by atoms with Crippen LogP contribution in [0, 0.1) is 6.92 Å². The summed E-state index contributed by atoms with van der Waals surface area (Å²) in [5.74, 6) is 0.654. The van der Waals surface area contributed by atoms with Gasteiger partial charge in [0.2, 0.25) is 5.91 Å². The number of benzene rings is 2. The lowest BCUT2D eigenvalue weighted by Crippen LogP contribution is -2.14. The molecule has 0 aliphatic heterocycles. The number of amides is 1. The topological polar surface area (TPSA) is 46.4 Å². The van der Waals surface area contributed by atoms with Gasteiger partial charge >= 0.3 is 0 Å². The molecule has 2 aromatic carbocycles. The average Bonchev–Trinajstić information content (AvgIpc) is 3.08. The second-order valence-electron chi connectivity index (χ2n) is 6.73. The zero-order valence-corrected chi connectivity index (χ0v) is 16.3. The molecule has 2 aromatic heterocycles. The van der Waals surface area contributed by atoms with E-state index >= 15 is 0 Å². The van der Waals surface area contributed by atoms with Crippen molar-refractivity contribution in [3.63, 3.8) is 0 Å². The molecule has 28 heavy (non-hydrogen) atoms. The number of pyridine rings is 1. The van der Waals surface area contributed by atoms with Gasteiger partial charge in [0.05, 0.1) is 0 Å². The number of aryl methyl sites for hydroxylation is 2. The molecule has 0 saturated heterocycles. The van der Waals surface area contributed by atoms with E-state index in [4.69, 9.17) is 16.6 Å². The van der Waals surface area contributed by atoms with Gasteiger partial charge in [0.15, 0.2) is 0 Å². The van der Waals surface area contributed by atoms with E-state index in [9.17, 15) is 4.79 Å². The van der Waals surface area contributed by atoms with E-state index in [1.165, 1.54) is 0 Å². The fourth-order valence-electron chi connectivity index (χ4n) is 3.22. The van der Waals surface area contributed by atoms with Crippen molar-refractivity contribution < 1.29 is 4.79 Å². The van der Waals surface area contributed by atoms with Crippen molar-refractivity contribution in [2.75, 3.05) is 5.32 Å². The maximum absolute atomic E-state index is 12.7. The molecule has 0 aliphatic carbocycles. The number of halogens is 1. The first-order valence-electron chi connectivity index (χ1n) is 9.19. The van der Waals surface area contributed by atoms with Gasteiger partial charge in [-0.2, -0.15) is 0 Å². The van der Waals surface area contributed by atoms with Crippen molar-refractivity contribution >= 4 is 29.0 Å². The fraction of sp³-hybridized carbons (Fsp3) is 0.130. The van der Waals surface area contributed by atoms with Gasteiger partial charge in [-0.1, -0.05) is 60.1 Å². The summed E-state index contributed by atoms with van der Waals surface area (Å²) in [5, 5.41) is 3.77. The van der Waals surface area contributed by atoms with Crippen LogP contribution in [0.3, 0.4) is 0 Å². The standard InChI is InChI=1S/C23H20ClN3O/c1-16-6-5-15-27-22(16)26-21(18-7-3-2-4-8-18)23(27)25-20(28)14-11-17-9-12-19(24)13-10-17/h2-10,12-13,15H,11,14H2,1H3,(H,25,28). The minimum atomic E-state index is -0.0459. The second-order valence-corrected chi connectivity index (χ2v) is 7.17. The molecule has 4 rings (SSSR count). The number of hydrogen-bond donors (Lipinski definition) is 1. The smallest absolute Gasteiger partial charge is 0.225 e. The fourth-order valence-corrected chi connectivity index (χ4v) is 3.35. The quantitative estimate of drug-likeness (QED) is 0.487. The number of rotatable bonds is 5. The number of hydrogen-bond acceptors (Lipinski definition) is 2. The first-order chi connectivity index (χ1) is 13.6. The van der Waals surface area contributed by atoms with Crippen molar-refractivity contribution in [1.29, 1.82) is 0 Å². The zero-order chi connectivity index (χ0) is 19.5. The normalized spacial score (nSPS) is 10.9. The highest BCUT2D eigenvalue weighted by Gasteiger charge is 2.17. The summed E-state index contributed by atoms with van der Waals surface area (Å²) in [4.78, 5) is 17.5. The van der Waals surface area contributed by atoms with Crippen molar-refractivity contribution in [2.45, 2.75) is 19.8 Å². The highest BCUT2D eigenvalue weighted by Crippen LogP contribution is 2.30. The Morgan fingerprint density at radius 1 is 1.04 bits per heavy atom. The number of nitrogens with one attached hydrogen (secondary N) is 1. The van der Waals surface area contributed by atoms with Gasteiger partial charge in [0.1, 0.15) is 17.2 Å². The van der Waals surface area contributed by atoms with E-state index in [0.29, 0.717) is 23.7 Å². The van der Waals surface area contributed by atoms with Crippen LogP contribution in [0.1, 0.15) is 17.5 Å². The van der Waals surface area contributed by atoms with Gasteiger partial charge < -0.3 is 5.32 Å². The molecule has 5 heteroatoms. The maximum Gasteiger partial charge on any atom is 0.225 e. The van der Waals surface area contributed by atoms with Crippen molar-refractivity contribution in [1.82, 2.24) is 9.38 Å². The van der Waals surface area contributed by atoms with Crippen LogP contribution in [-0.2, 0) is 11.2 Å². The van der Waals surface area contributed by atoms with Crippen molar-refractivity contribution in [2.24, 2.45) is 0 Å². The summed E-state index contributed by atoms with van der Waals surface area (Å²) in [6, 6.07) is 21.5. The molecule has 2 heterocycles. The predicted octanol–water partition coefficient (Wildman–Crippen LogP) is 5.53. The van der Waals surface area contributed by atoms with Crippen LogP contribution in [0.4, 0.5) is 5.82 Å². The molecule has 4 nitrogen and oxygen atoms in total. The summed E-state index contributed by atoms with van der Waals surface area (Å²) < 4.78 is 1.94. The third-order valence-corrected chi connectivity index (χ3v) is 4.96. The van der Waals surface area contributed by atoms with Crippen LogP contribution in [-0.4, -0.2) is 15.3 Å². The Morgan fingerprint density at radius 3 is 2.54 bits per heavy atom. The van der Waals surface area contributed by atoms with Crippen LogP contribution in [0.25, 0.3) is 16.9 Å². The Bertz CT molecular complexity index is 1120. The molecule has 0 atom stereocenters. The molecule has 0 fully saturated rings. The monoisotopic (exact) mass is 389 g/mol. The Morgan fingerprint density at radius 2 is 1.79 bits per heavy atom. The van der Waals surface area contributed by atoms with Gasteiger partial charge in [-0.05, 0) is 42.7 Å². The Hall–Kier alpha value is -3.11. The average molecular weight is 390 g/mol. The lowest BCUT2D eigenvalue weighted by molar-refractivity contribution is -0.116. The van der Waals surface area contributed by atoms with E-state index in [1.54, 1.807) is 0 Å². The van der Waals surface area contributed by atoms with Gasteiger partial charge in [-0.15, -0.1) is 0 Å². The number of carbonyl (C=O) groups excluding carboxylic acids is 1. The third kappa shape index (κ3) is 3.78. The lowest BCUT2D eigenvalue weighted by atomic mass is 10.1. The minimum absolute atomic E-state index is 0.0459. The molecule has 0 spiro atoms. The summed E-state index contributed by atoms with van der Waals surface area (Å²) in [6.07, 6.45) is 2.96. The van der Waals surface area contributed by atoms with Gasteiger partial charge in [-0.3, -0.25) is 9.20 Å². The van der Waals surface area contributed by atoms with Crippen LogP contribution < -0.4 is 5.32 Å². The number of anilines is 1. The number of nitrogens with zero attached hydrogens (tertiary/aromatic N) is 2. The van der Waals surface area contributed by atoms with Crippen LogP contribution in [0.2, 0.25) is 5.02 Å². The van der Waals surface area contributed by atoms with Crippen LogP contribution >= 0.6 is 11.6 Å². The summed E-state index contributed by atoms with van der Waals surface area (Å²) in [5.41, 5.74) is 4.72. The molecule has 1 amide bonds. The number of fused-ring (bicyclic) bond motifs is 1. The molecule has 0 unspecified atom stereocenters. The Labute approximate surface area is 168 Å². The van der Waals surface area contributed by atoms with E-state index in [-0.39, 0.29) is 5.91 Å². The Balaban J connectivity index is 1.62. The first kappa shape index (κ1) is 18.3. The van der Waals surface area contributed by atoms with E-state index in [1.807, 2.05) is 84.3 Å². The molecule has 4 aromatic rings. The first-order valence-corrected chi connectivity index (χ1v) is 9.57. The van der Waals surface area contributed by atoms with E-state index in [2.05, 4.69) is 5.32 Å². The number of imidazole rings is 1. The predicted molar refractivity (Wildman–Crippen MR) is 114 cm³/mol. The Kier molecular flexibility index (Phi) is 5.13. The highest BCUT2D eigenvalue weighted by atomic mass is 35.5. The molecule has 0 saturated carbocycles. The molecule has 0 aliphatic rings. The maximum atomic E-state index is 12.7. The molecule has 0 radical (unpaired) electrons. The van der Waals surface area contributed by atoms with Gasteiger partial charge in [-0.25, -0.2) is 4.98 Å². The summed E-state index contributed by atoms with van der Waals surface area (Å²) in [6.45, 7) is 2.02. The molecular formula is C23H20ClN3O. The SMILES string of the molecule is Cc1cccn2c(NC(=O)CCc3ccc(Cl)cc3)c(-c3ccccc3)nc12. The van der Waals surface area contributed by atoms with Crippen molar-refractivity contribution in [3.8, 4) is 11.3 Å². The molecule has 0 bridgehead atoms. The third-order valence-electron chi connectivity index (χ3n) is 4.70. The molecule has 1 N–H and O–H groups in total. The van der Waals surface area contributed by atoms with E-state index < -0.39 is 0 Å². The number of aromatic nitrogens is 2. The zero-order valence-electron chi connectivity index (χ0n) is 15.5.